The Balaban J connectivity index is 1.79. The van der Waals surface area contributed by atoms with E-state index in [-0.39, 0.29) is 33.6 Å². The molecule has 1 aromatic heterocycles. The fourth-order valence-electron chi connectivity index (χ4n) is 2.71. The molecular weight excluding hydrogens is 398 g/mol. The fourth-order valence-corrected chi connectivity index (χ4v) is 4.59. The Bertz CT molecular complexity index is 866. The molecule has 2 aliphatic heterocycles. The van der Waals surface area contributed by atoms with Gasteiger partial charge in [0.05, 0.1) is 6.61 Å². The zero-order chi connectivity index (χ0) is 19.7. The summed E-state index contributed by atoms with van der Waals surface area (Å²) in [5, 5.41) is 26.0. The normalized spacial score (nSPS) is 22.2. The molecule has 2 aliphatic rings. The number of nitrogens with zero attached hydrogens (tertiary/aromatic N) is 3. The number of thioether (sulfide) groups is 1. The van der Waals surface area contributed by atoms with Gasteiger partial charge in [-0.3, -0.25) is 14.5 Å². The van der Waals surface area contributed by atoms with Crippen LogP contribution in [0.3, 0.4) is 0 Å². The summed E-state index contributed by atoms with van der Waals surface area (Å²) in [4.78, 5) is 46.2. The second-order valence-electron chi connectivity index (χ2n) is 5.47. The van der Waals surface area contributed by atoms with Gasteiger partial charge in [0, 0.05) is 11.1 Å². The van der Waals surface area contributed by atoms with Crippen molar-refractivity contribution in [2.45, 2.75) is 11.4 Å². The van der Waals surface area contributed by atoms with Gasteiger partial charge in [-0.15, -0.1) is 23.1 Å². The Hall–Kier alpha value is -2.64. The van der Waals surface area contributed by atoms with E-state index in [9.17, 15) is 24.6 Å². The fraction of sp³-hybridized carbons (Fsp3) is 0.357. The number of nitrogen functional groups attached to an aromatic ring is 1. The number of nitrogens with one attached hydrogen (secondary N) is 1. The van der Waals surface area contributed by atoms with Gasteiger partial charge in [-0.1, -0.05) is 5.16 Å². The number of oxime groups is 1. The molecule has 1 aromatic rings. The maximum absolute atomic E-state index is 12.6. The first-order valence-electron chi connectivity index (χ1n) is 7.53. The van der Waals surface area contributed by atoms with Crippen LogP contribution in [0.25, 0.3) is 0 Å². The van der Waals surface area contributed by atoms with Crippen molar-refractivity contribution in [3.05, 3.63) is 22.3 Å². The number of carboxylic acids is 1. The minimum atomic E-state index is -1.30. The number of aromatic nitrogens is 1. The number of thiazole rings is 1. The number of aliphatic hydroxyl groups is 1. The van der Waals surface area contributed by atoms with Gasteiger partial charge in [-0.25, -0.2) is 9.78 Å². The van der Waals surface area contributed by atoms with Crippen LogP contribution < -0.4 is 11.1 Å². The molecule has 1 saturated heterocycles. The van der Waals surface area contributed by atoms with Gasteiger partial charge in [0.2, 0.25) is 0 Å². The van der Waals surface area contributed by atoms with Gasteiger partial charge in [-0.05, 0) is 5.57 Å². The van der Waals surface area contributed by atoms with Gasteiger partial charge in [0.1, 0.15) is 29.9 Å². The first kappa shape index (κ1) is 19.1. The number of β-lactam (4-membered cyclic amide) rings is 1. The third kappa shape index (κ3) is 3.36. The van der Waals surface area contributed by atoms with E-state index >= 15 is 0 Å². The molecule has 0 aromatic carbocycles. The highest BCUT2D eigenvalue weighted by Crippen LogP contribution is 2.40. The molecule has 144 valence electrons. The van der Waals surface area contributed by atoms with Crippen LogP contribution in [0.4, 0.5) is 5.13 Å². The van der Waals surface area contributed by atoms with Crippen LogP contribution in [0.5, 0.6) is 0 Å². The minimum Gasteiger partial charge on any atom is -0.477 e. The number of hydrogen-bond acceptors (Lipinski definition) is 10. The summed E-state index contributed by atoms with van der Waals surface area (Å²) in [7, 11) is 1.26. The largest absolute Gasteiger partial charge is 0.477 e. The van der Waals surface area contributed by atoms with Crippen molar-refractivity contribution in [3.8, 4) is 0 Å². The predicted octanol–water partition coefficient (Wildman–Crippen LogP) is -1.19. The lowest BCUT2D eigenvalue weighted by Crippen LogP contribution is -2.71. The van der Waals surface area contributed by atoms with E-state index in [4.69, 9.17) is 5.73 Å². The molecule has 0 unspecified atom stereocenters. The average Bonchev–Trinajstić information content (AvgIpc) is 3.08. The number of rotatable bonds is 6. The quantitative estimate of drug-likeness (QED) is 0.254. The summed E-state index contributed by atoms with van der Waals surface area (Å²) in [6, 6.07) is -0.935. The number of carbonyl (C=O) groups is 3. The highest BCUT2D eigenvalue weighted by atomic mass is 32.2. The maximum atomic E-state index is 12.6. The van der Waals surface area contributed by atoms with Gasteiger partial charge < -0.3 is 26.1 Å². The zero-order valence-corrected chi connectivity index (χ0v) is 15.5. The minimum absolute atomic E-state index is 0.150. The summed E-state index contributed by atoms with van der Waals surface area (Å²) in [6.07, 6.45) is 0. The van der Waals surface area contributed by atoms with E-state index in [0.717, 1.165) is 16.2 Å². The molecule has 0 radical (unpaired) electrons. The second kappa shape index (κ2) is 7.54. The van der Waals surface area contributed by atoms with E-state index in [1.54, 1.807) is 0 Å². The molecule has 3 rings (SSSR count). The SMILES string of the molecule is CON=C(C(=O)N[C@@H]1C(=O)N2C(C(=O)O)=C(CO)CS[C@H]12)c1csc(N)n1. The van der Waals surface area contributed by atoms with Crippen LogP contribution in [0.2, 0.25) is 0 Å². The molecular formula is C14H15N5O6S2. The number of hydrogen-bond donors (Lipinski definition) is 4. The lowest BCUT2D eigenvalue weighted by atomic mass is 10.0. The number of aliphatic carboxylic acids is 1. The number of nitrogens with two attached hydrogens (primary N) is 1. The Labute approximate surface area is 160 Å². The Morgan fingerprint density at radius 2 is 2.30 bits per heavy atom. The summed E-state index contributed by atoms with van der Waals surface area (Å²) in [6.45, 7) is -0.460. The number of amides is 2. The van der Waals surface area contributed by atoms with Gasteiger partial charge in [-0.2, -0.15) is 0 Å². The van der Waals surface area contributed by atoms with Crippen LogP contribution in [0.1, 0.15) is 5.69 Å². The van der Waals surface area contributed by atoms with Crippen molar-refractivity contribution in [1.82, 2.24) is 15.2 Å². The highest BCUT2D eigenvalue weighted by molar-refractivity contribution is 8.00. The number of aliphatic hydroxyl groups excluding tert-OH is 1. The summed E-state index contributed by atoms with van der Waals surface area (Å²) < 4.78 is 0. The Kier molecular flexibility index (Phi) is 5.34. The lowest BCUT2D eigenvalue weighted by molar-refractivity contribution is -0.150. The van der Waals surface area contributed by atoms with E-state index in [1.807, 2.05) is 0 Å². The molecule has 0 spiro atoms. The highest BCUT2D eigenvalue weighted by Gasteiger charge is 2.54. The number of fused-ring (bicyclic) bond motifs is 1. The van der Waals surface area contributed by atoms with Gasteiger partial charge in [0.25, 0.3) is 11.8 Å². The van der Waals surface area contributed by atoms with E-state index in [1.165, 1.54) is 24.3 Å². The monoisotopic (exact) mass is 413 g/mol. The van der Waals surface area contributed by atoms with E-state index in [2.05, 4.69) is 20.3 Å². The molecule has 27 heavy (non-hydrogen) atoms. The van der Waals surface area contributed by atoms with Crippen LogP contribution in [0, 0.1) is 0 Å². The molecule has 5 N–H and O–H groups in total. The lowest BCUT2D eigenvalue weighted by Gasteiger charge is -2.49. The molecule has 3 heterocycles. The molecule has 2 atom stereocenters. The third-order valence-electron chi connectivity index (χ3n) is 3.89. The second-order valence-corrected chi connectivity index (χ2v) is 7.46. The van der Waals surface area contributed by atoms with Crippen molar-refractivity contribution in [2.75, 3.05) is 25.2 Å². The van der Waals surface area contributed by atoms with Crippen molar-refractivity contribution >= 4 is 51.7 Å². The first-order valence-corrected chi connectivity index (χ1v) is 9.46. The molecule has 13 heteroatoms. The number of carbonyl (C=O) groups excluding carboxylic acids is 2. The maximum Gasteiger partial charge on any atom is 0.352 e. The molecule has 11 nitrogen and oxygen atoms in total. The standard InChI is InChI=1S/C14H15N5O6S2/c1-25-18-7(6-4-27-14(15)16-6)10(21)17-8-11(22)19-9(13(23)24)5(2-20)3-26-12(8)19/h4,8,12,20H,2-3H2,1H3,(H2,15,16)(H,17,21)(H,23,24)/t8-,12-/m1/s1. The van der Waals surface area contributed by atoms with Crippen molar-refractivity contribution in [1.29, 1.82) is 0 Å². The van der Waals surface area contributed by atoms with Crippen molar-refractivity contribution in [2.24, 2.45) is 5.16 Å². The van der Waals surface area contributed by atoms with Crippen molar-refractivity contribution in [3.63, 3.8) is 0 Å². The van der Waals surface area contributed by atoms with Gasteiger partial charge >= 0.3 is 5.97 Å². The topological polar surface area (TPSA) is 167 Å². The zero-order valence-electron chi connectivity index (χ0n) is 13.9. The summed E-state index contributed by atoms with van der Waals surface area (Å²) in [5.74, 6) is -2.35. The van der Waals surface area contributed by atoms with E-state index < -0.39 is 35.8 Å². The van der Waals surface area contributed by atoms with Gasteiger partial charge in [0.15, 0.2) is 10.8 Å². The average molecular weight is 413 g/mol. The number of carboxylic acid groups (broad SMARTS) is 1. The summed E-state index contributed by atoms with van der Waals surface area (Å²) >= 11 is 2.37. The first-order chi connectivity index (χ1) is 12.9. The third-order valence-corrected chi connectivity index (χ3v) is 5.90. The smallest absolute Gasteiger partial charge is 0.352 e. The Morgan fingerprint density at radius 3 is 2.85 bits per heavy atom. The molecule has 0 saturated carbocycles. The summed E-state index contributed by atoms with van der Waals surface area (Å²) in [5.41, 5.74) is 5.62. The number of anilines is 1. The molecule has 0 bridgehead atoms. The van der Waals surface area contributed by atoms with Crippen LogP contribution in [-0.2, 0) is 19.2 Å². The van der Waals surface area contributed by atoms with Crippen LogP contribution in [-0.4, -0.2) is 74.5 Å². The predicted molar refractivity (Wildman–Crippen MR) is 96.8 cm³/mol. The van der Waals surface area contributed by atoms with Crippen molar-refractivity contribution < 1.29 is 29.4 Å². The molecule has 1 fully saturated rings. The van der Waals surface area contributed by atoms with E-state index in [0.29, 0.717) is 0 Å². The van der Waals surface area contributed by atoms with Crippen LogP contribution >= 0.6 is 23.1 Å². The molecule has 0 aliphatic carbocycles. The molecule has 2 amide bonds. The van der Waals surface area contributed by atoms with Crippen LogP contribution in [0.15, 0.2) is 21.8 Å². The Morgan fingerprint density at radius 1 is 1.56 bits per heavy atom.